The quantitative estimate of drug-likeness (QED) is 0.577. The second-order valence-corrected chi connectivity index (χ2v) is 4.39. The predicted octanol–water partition coefficient (Wildman–Crippen LogP) is 1.37. The number of carbonyl (C=O) groups is 1. The Hall–Kier alpha value is -2.06. The molecule has 9 heteroatoms. The second-order valence-electron chi connectivity index (χ2n) is 4.39. The van der Waals surface area contributed by atoms with Crippen LogP contribution in [-0.2, 0) is 0 Å². The van der Waals surface area contributed by atoms with E-state index < -0.39 is 10.8 Å². The first-order chi connectivity index (χ1) is 9.94. The van der Waals surface area contributed by atoms with Gasteiger partial charge in [-0.25, -0.2) is 0 Å². The zero-order valence-electron chi connectivity index (χ0n) is 12.8. The SMILES string of the molecule is CNC(C)CNC(=O)c1cc(OC)c(OC)c([N+](=O)[O-])c1.Cl. The summed E-state index contributed by atoms with van der Waals surface area (Å²) in [4.78, 5) is 22.5. The van der Waals surface area contributed by atoms with Crippen molar-refractivity contribution in [1.82, 2.24) is 10.6 Å². The highest BCUT2D eigenvalue weighted by atomic mass is 35.5. The maximum atomic E-state index is 12.0. The van der Waals surface area contributed by atoms with E-state index in [4.69, 9.17) is 9.47 Å². The van der Waals surface area contributed by atoms with Gasteiger partial charge in [0.05, 0.1) is 24.7 Å². The minimum absolute atomic E-state index is 0. The third kappa shape index (κ3) is 4.74. The summed E-state index contributed by atoms with van der Waals surface area (Å²) in [6, 6.07) is 2.66. The molecule has 0 heterocycles. The van der Waals surface area contributed by atoms with Crippen LogP contribution in [0.3, 0.4) is 0 Å². The lowest BCUT2D eigenvalue weighted by molar-refractivity contribution is -0.385. The lowest BCUT2D eigenvalue weighted by atomic mass is 10.1. The molecule has 1 amide bonds. The number of nitro benzene ring substituents is 1. The van der Waals surface area contributed by atoms with Gasteiger partial charge in [0.25, 0.3) is 5.91 Å². The zero-order valence-corrected chi connectivity index (χ0v) is 13.7. The van der Waals surface area contributed by atoms with Crippen molar-refractivity contribution in [3.8, 4) is 11.5 Å². The molecule has 1 aromatic carbocycles. The van der Waals surface area contributed by atoms with Gasteiger partial charge in [0.1, 0.15) is 0 Å². The van der Waals surface area contributed by atoms with Gasteiger partial charge in [-0.3, -0.25) is 14.9 Å². The average Bonchev–Trinajstić information content (AvgIpc) is 2.50. The summed E-state index contributed by atoms with van der Waals surface area (Å²) >= 11 is 0. The normalized spacial score (nSPS) is 11.1. The van der Waals surface area contributed by atoms with Gasteiger partial charge in [-0.15, -0.1) is 12.4 Å². The number of methoxy groups -OCH3 is 2. The molecule has 1 aromatic rings. The van der Waals surface area contributed by atoms with E-state index in [1.165, 1.54) is 26.4 Å². The van der Waals surface area contributed by atoms with Gasteiger partial charge in [0, 0.05) is 18.7 Å². The minimum atomic E-state index is -0.617. The van der Waals surface area contributed by atoms with Crippen LogP contribution in [0.1, 0.15) is 17.3 Å². The van der Waals surface area contributed by atoms with Gasteiger partial charge in [0.15, 0.2) is 5.75 Å². The van der Waals surface area contributed by atoms with Crippen LogP contribution in [0.5, 0.6) is 11.5 Å². The molecule has 22 heavy (non-hydrogen) atoms. The first-order valence-corrected chi connectivity index (χ1v) is 6.30. The number of ether oxygens (including phenoxy) is 2. The molecule has 124 valence electrons. The van der Waals surface area contributed by atoms with Crippen LogP contribution in [0.2, 0.25) is 0 Å². The molecule has 0 aliphatic carbocycles. The summed E-state index contributed by atoms with van der Waals surface area (Å²) in [6.45, 7) is 2.30. The molecule has 0 aliphatic heterocycles. The summed E-state index contributed by atoms with van der Waals surface area (Å²) in [5.74, 6) is -0.290. The smallest absolute Gasteiger partial charge is 0.315 e. The maximum Gasteiger partial charge on any atom is 0.315 e. The van der Waals surface area contributed by atoms with Crippen LogP contribution >= 0.6 is 12.4 Å². The van der Waals surface area contributed by atoms with Crippen molar-refractivity contribution >= 4 is 24.0 Å². The van der Waals surface area contributed by atoms with E-state index in [2.05, 4.69) is 10.6 Å². The zero-order chi connectivity index (χ0) is 16.0. The molecule has 2 N–H and O–H groups in total. The largest absolute Gasteiger partial charge is 0.493 e. The molecule has 0 fully saturated rings. The Morgan fingerprint density at radius 2 is 2.00 bits per heavy atom. The highest BCUT2D eigenvalue weighted by Gasteiger charge is 2.23. The molecule has 0 saturated carbocycles. The van der Waals surface area contributed by atoms with Gasteiger partial charge in [-0.05, 0) is 20.0 Å². The molecule has 0 aromatic heterocycles. The number of rotatable bonds is 7. The number of nitrogens with one attached hydrogen (secondary N) is 2. The number of carbonyl (C=O) groups excluding carboxylic acids is 1. The van der Waals surface area contributed by atoms with Crippen molar-refractivity contribution in [3.05, 3.63) is 27.8 Å². The van der Waals surface area contributed by atoms with Gasteiger partial charge in [0.2, 0.25) is 5.75 Å². The number of nitro groups is 1. The third-order valence-electron chi connectivity index (χ3n) is 2.98. The summed E-state index contributed by atoms with van der Waals surface area (Å²) in [5.41, 5.74) is -0.175. The van der Waals surface area contributed by atoms with E-state index in [1.54, 1.807) is 7.05 Å². The lowest BCUT2D eigenvalue weighted by Gasteiger charge is -2.13. The van der Waals surface area contributed by atoms with Crippen molar-refractivity contribution in [2.24, 2.45) is 0 Å². The monoisotopic (exact) mass is 333 g/mol. The fourth-order valence-electron chi connectivity index (χ4n) is 1.66. The molecule has 1 atom stereocenters. The first-order valence-electron chi connectivity index (χ1n) is 6.30. The molecule has 0 spiro atoms. The van der Waals surface area contributed by atoms with Crippen molar-refractivity contribution in [2.45, 2.75) is 13.0 Å². The van der Waals surface area contributed by atoms with Crippen LogP contribution in [0, 0.1) is 10.1 Å². The standard InChI is InChI=1S/C13H19N3O5.ClH/c1-8(14-2)7-15-13(17)9-5-10(16(18)19)12(21-4)11(6-9)20-3;/h5-6,8,14H,7H2,1-4H3,(H,15,17);1H. The summed E-state index contributed by atoms with van der Waals surface area (Å²) in [6.07, 6.45) is 0. The Balaban J connectivity index is 0.00000441. The van der Waals surface area contributed by atoms with E-state index >= 15 is 0 Å². The number of likely N-dealkylation sites (N-methyl/N-ethyl adjacent to an activating group) is 1. The molecule has 0 radical (unpaired) electrons. The lowest BCUT2D eigenvalue weighted by Crippen LogP contribution is -2.37. The van der Waals surface area contributed by atoms with Gasteiger partial charge in [-0.1, -0.05) is 0 Å². The highest BCUT2D eigenvalue weighted by molar-refractivity contribution is 5.96. The van der Waals surface area contributed by atoms with E-state index in [0.29, 0.717) is 6.54 Å². The highest BCUT2D eigenvalue weighted by Crippen LogP contribution is 2.37. The Morgan fingerprint density at radius 1 is 1.36 bits per heavy atom. The summed E-state index contributed by atoms with van der Waals surface area (Å²) in [5, 5.41) is 16.7. The average molecular weight is 334 g/mol. The van der Waals surface area contributed by atoms with Gasteiger partial charge >= 0.3 is 5.69 Å². The fourth-order valence-corrected chi connectivity index (χ4v) is 1.66. The molecular weight excluding hydrogens is 314 g/mol. The molecule has 8 nitrogen and oxygen atoms in total. The van der Waals surface area contributed by atoms with Gasteiger partial charge in [-0.2, -0.15) is 0 Å². The van der Waals surface area contributed by atoms with E-state index in [-0.39, 0.29) is 41.2 Å². The van der Waals surface area contributed by atoms with Crippen LogP contribution in [0.4, 0.5) is 5.69 Å². The Kier molecular flexibility index (Phi) is 8.21. The second kappa shape index (κ2) is 9.06. The number of halogens is 1. The fraction of sp³-hybridized carbons (Fsp3) is 0.462. The van der Waals surface area contributed by atoms with E-state index in [1.807, 2.05) is 6.92 Å². The third-order valence-corrected chi connectivity index (χ3v) is 2.98. The Labute approximate surface area is 134 Å². The first kappa shape index (κ1) is 19.9. The molecular formula is C13H20ClN3O5. The topological polar surface area (TPSA) is 103 Å². The molecule has 0 saturated heterocycles. The molecule has 0 bridgehead atoms. The van der Waals surface area contributed by atoms with Crippen LogP contribution in [0.25, 0.3) is 0 Å². The molecule has 0 aliphatic rings. The Morgan fingerprint density at radius 3 is 2.45 bits per heavy atom. The predicted molar refractivity (Wildman–Crippen MR) is 84.3 cm³/mol. The van der Waals surface area contributed by atoms with Crippen molar-refractivity contribution in [1.29, 1.82) is 0 Å². The van der Waals surface area contributed by atoms with Crippen molar-refractivity contribution < 1.29 is 19.2 Å². The van der Waals surface area contributed by atoms with Crippen LogP contribution in [0.15, 0.2) is 12.1 Å². The van der Waals surface area contributed by atoms with E-state index in [0.717, 1.165) is 0 Å². The molecule has 1 unspecified atom stereocenters. The van der Waals surface area contributed by atoms with Gasteiger partial charge < -0.3 is 20.1 Å². The number of nitrogens with zero attached hydrogens (tertiary/aromatic N) is 1. The molecule has 1 rings (SSSR count). The maximum absolute atomic E-state index is 12.0. The summed E-state index contributed by atoms with van der Waals surface area (Å²) in [7, 11) is 4.43. The minimum Gasteiger partial charge on any atom is -0.493 e. The number of hydrogen-bond donors (Lipinski definition) is 2. The number of amides is 1. The summed E-state index contributed by atoms with van der Waals surface area (Å²) < 4.78 is 10.0. The van der Waals surface area contributed by atoms with E-state index in [9.17, 15) is 14.9 Å². The van der Waals surface area contributed by atoms with Crippen molar-refractivity contribution in [2.75, 3.05) is 27.8 Å². The number of benzene rings is 1. The van der Waals surface area contributed by atoms with Crippen LogP contribution < -0.4 is 20.1 Å². The van der Waals surface area contributed by atoms with Crippen LogP contribution in [-0.4, -0.2) is 44.7 Å². The van der Waals surface area contributed by atoms with Crippen molar-refractivity contribution in [3.63, 3.8) is 0 Å². The Bertz CT molecular complexity index is 539. The number of hydrogen-bond acceptors (Lipinski definition) is 6.